The molecule has 1 aromatic rings. The lowest BCUT2D eigenvalue weighted by atomic mass is 10.1. The van der Waals surface area contributed by atoms with Gasteiger partial charge in [-0.1, -0.05) is 6.07 Å². The molecule has 206 valence electrons. The van der Waals surface area contributed by atoms with Crippen LogP contribution in [0.1, 0.15) is 39.2 Å². The van der Waals surface area contributed by atoms with Crippen LogP contribution in [0.4, 0.5) is 4.79 Å². The number of nitrogens with zero attached hydrogens (tertiary/aromatic N) is 2. The van der Waals surface area contributed by atoms with Crippen molar-refractivity contribution in [3.63, 3.8) is 0 Å². The number of carbonyl (C=O) groups excluding carboxylic acids is 2. The smallest absolute Gasteiger partial charge is 0.415 e. The van der Waals surface area contributed by atoms with Crippen molar-refractivity contribution in [3.8, 4) is 11.5 Å². The van der Waals surface area contributed by atoms with Crippen LogP contribution in [-0.2, 0) is 23.7 Å². The Morgan fingerprint density at radius 2 is 1.73 bits per heavy atom. The van der Waals surface area contributed by atoms with Crippen LogP contribution in [0.5, 0.6) is 11.5 Å². The largest absolute Gasteiger partial charge is 0.487 e. The van der Waals surface area contributed by atoms with Gasteiger partial charge in [0.15, 0.2) is 17.0 Å². The van der Waals surface area contributed by atoms with Crippen LogP contribution in [0.15, 0.2) is 23.2 Å². The Kier molecular flexibility index (Phi) is 11.5. The van der Waals surface area contributed by atoms with Crippen molar-refractivity contribution >= 4 is 28.9 Å². The quantitative estimate of drug-likeness (QED) is 0.260. The zero-order valence-corrected chi connectivity index (χ0v) is 23.0. The molecule has 1 fully saturated rings. The van der Waals surface area contributed by atoms with Crippen molar-refractivity contribution in [1.29, 1.82) is 0 Å². The molecule has 0 aliphatic carbocycles. The first-order chi connectivity index (χ1) is 17.8. The van der Waals surface area contributed by atoms with Crippen LogP contribution in [0.2, 0.25) is 0 Å². The van der Waals surface area contributed by atoms with E-state index in [1.165, 1.54) is 11.8 Å². The van der Waals surface area contributed by atoms with E-state index in [-0.39, 0.29) is 24.4 Å². The first-order valence-corrected chi connectivity index (χ1v) is 13.6. The number of carbonyl (C=O) groups is 2. The van der Waals surface area contributed by atoms with E-state index in [2.05, 4.69) is 0 Å². The number of rotatable bonds is 14. The zero-order valence-electron chi connectivity index (χ0n) is 22.2. The summed E-state index contributed by atoms with van der Waals surface area (Å²) >= 11 is 1.42. The lowest BCUT2D eigenvalue weighted by Gasteiger charge is -2.20. The molecule has 0 saturated carbocycles. The van der Waals surface area contributed by atoms with E-state index < -0.39 is 11.6 Å². The first-order valence-electron chi connectivity index (χ1n) is 12.6. The minimum atomic E-state index is -1.02. The number of thioether (sulfide) groups is 1. The van der Waals surface area contributed by atoms with Crippen molar-refractivity contribution < 1.29 is 38.0 Å². The van der Waals surface area contributed by atoms with E-state index in [1.54, 1.807) is 25.0 Å². The van der Waals surface area contributed by atoms with Gasteiger partial charge in [0, 0.05) is 26.0 Å². The number of para-hydroxylation sites is 1. The lowest BCUT2D eigenvalue weighted by Crippen LogP contribution is -2.37. The van der Waals surface area contributed by atoms with Crippen molar-refractivity contribution in [2.75, 3.05) is 65.6 Å². The van der Waals surface area contributed by atoms with Gasteiger partial charge in [-0.15, -0.1) is 11.8 Å². The van der Waals surface area contributed by atoms with Crippen LogP contribution < -0.4 is 9.47 Å². The maximum Gasteiger partial charge on any atom is 0.415 e. The third kappa shape index (κ3) is 8.59. The van der Waals surface area contributed by atoms with E-state index in [4.69, 9.17) is 33.4 Å². The Morgan fingerprint density at radius 1 is 1.05 bits per heavy atom. The molecule has 11 heteroatoms. The molecule has 2 aliphatic heterocycles. The fourth-order valence-corrected chi connectivity index (χ4v) is 4.89. The number of likely N-dealkylation sites (tertiary alicyclic amines) is 1. The Balaban J connectivity index is 1.71. The molecule has 1 saturated heterocycles. The molecule has 0 spiro atoms. The van der Waals surface area contributed by atoms with Crippen molar-refractivity contribution in [2.24, 2.45) is 4.99 Å². The summed E-state index contributed by atoms with van der Waals surface area (Å²) in [5, 5.41) is 0.599. The summed E-state index contributed by atoms with van der Waals surface area (Å²) in [6.45, 7) is 9.24. The molecule has 0 radical (unpaired) electrons. The topological polar surface area (TPSA) is 105 Å². The second kappa shape index (κ2) is 14.6. The van der Waals surface area contributed by atoms with Crippen LogP contribution in [0, 0.1) is 0 Å². The van der Waals surface area contributed by atoms with E-state index >= 15 is 0 Å². The minimum absolute atomic E-state index is 0.235. The molecular formula is C26H38N2O8S. The monoisotopic (exact) mass is 538 g/mol. The Morgan fingerprint density at radius 3 is 2.41 bits per heavy atom. The SMILES string of the molecule is COCCOCCOCCOc1cccc(C2=N[C@@](C)(C(=O)OC(C)C)CS2)c1OC(=O)N1CCCC1. The van der Waals surface area contributed by atoms with Gasteiger partial charge in [-0.3, -0.25) is 4.99 Å². The summed E-state index contributed by atoms with van der Waals surface area (Å²) in [4.78, 5) is 31.9. The van der Waals surface area contributed by atoms with Gasteiger partial charge in [-0.2, -0.15) is 0 Å². The number of hydrogen-bond donors (Lipinski definition) is 0. The van der Waals surface area contributed by atoms with E-state index in [0.29, 0.717) is 68.2 Å². The highest BCUT2D eigenvalue weighted by atomic mass is 32.2. The number of aliphatic imine (C=N–C) groups is 1. The van der Waals surface area contributed by atoms with Crippen LogP contribution >= 0.6 is 11.8 Å². The first kappa shape index (κ1) is 29.2. The highest BCUT2D eigenvalue weighted by molar-refractivity contribution is 8.14. The Labute approximate surface area is 223 Å². The Bertz CT molecular complexity index is 935. The molecule has 1 amide bonds. The maximum atomic E-state index is 12.9. The summed E-state index contributed by atoms with van der Waals surface area (Å²) in [6.07, 6.45) is 1.24. The molecule has 1 atom stereocenters. The number of methoxy groups -OCH3 is 1. The molecular weight excluding hydrogens is 500 g/mol. The molecule has 2 aliphatic rings. The third-order valence-corrected chi connectivity index (χ3v) is 6.96. The average molecular weight is 539 g/mol. The number of esters is 1. The van der Waals surface area contributed by atoms with Gasteiger partial charge in [-0.05, 0) is 45.7 Å². The normalized spacial score (nSPS) is 19.3. The second-order valence-electron chi connectivity index (χ2n) is 9.19. The molecule has 0 aromatic heterocycles. The van der Waals surface area contributed by atoms with E-state index in [9.17, 15) is 9.59 Å². The molecule has 37 heavy (non-hydrogen) atoms. The van der Waals surface area contributed by atoms with Crippen LogP contribution in [0.25, 0.3) is 0 Å². The van der Waals surface area contributed by atoms with Crippen LogP contribution in [0.3, 0.4) is 0 Å². The molecule has 2 heterocycles. The van der Waals surface area contributed by atoms with Crippen molar-refractivity contribution in [1.82, 2.24) is 4.90 Å². The highest BCUT2D eigenvalue weighted by Gasteiger charge is 2.41. The maximum absolute atomic E-state index is 12.9. The molecule has 10 nitrogen and oxygen atoms in total. The van der Waals surface area contributed by atoms with Gasteiger partial charge < -0.3 is 33.3 Å². The number of ether oxygens (including phenoxy) is 6. The van der Waals surface area contributed by atoms with Gasteiger partial charge in [0.05, 0.1) is 44.7 Å². The van der Waals surface area contributed by atoms with Crippen molar-refractivity contribution in [2.45, 2.75) is 45.3 Å². The fourth-order valence-electron chi connectivity index (χ4n) is 3.71. The molecule has 3 rings (SSSR count). The number of hydrogen-bond acceptors (Lipinski definition) is 10. The summed E-state index contributed by atoms with van der Waals surface area (Å²) in [7, 11) is 1.63. The standard InChI is InChI=1S/C26H38N2O8S/c1-19(2)35-24(29)26(3)18-37-23(27-26)20-8-7-9-21(22(20)36-25(30)28-10-5-6-11-28)34-17-16-33-15-14-32-13-12-31-4/h7-9,19H,5-6,10-18H2,1-4H3/t26-/m1/s1. The second-order valence-corrected chi connectivity index (χ2v) is 10.2. The van der Waals surface area contributed by atoms with E-state index in [0.717, 1.165) is 12.8 Å². The Hall–Kier alpha value is -2.34. The minimum Gasteiger partial charge on any atom is -0.487 e. The predicted octanol–water partition coefficient (Wildman–Crippen LogP) is 3.54. The summed E-state index contributed by atoms with van der Waals surface area (Å²) in [5.41, 5.74) is -0.417. The molecule has 0 N–H and O–H groups in total. The lowest BCUT2D eigenvalue weighted by molar-refractivity contribution is -0.152. The molecule has 0 unspecified atom stereocenters. The van der Waals surface area contributed by atoms with Gasteiger partial charge in [0.25, 0.3) is 0 Å². The molecule has 1 aromatic carbocycles. The predicted molar refractivity (Wildman–Crippen MR) is 141 cm³/mol. The van der Waals surface area contributed by atoms with Gasteiger partial charge in [0.1, 0.15) is 11.7 Å². The third-order valence-electron chi connectivity index (χ3n) is 5.67. The summed E-state index contributed by atoms with van der Waals surface area (Å²) < 4.78 is 33.1. The van der Waals surface area contributed by atoms with Crippen molar-refractivity contribution in [3.05, 3.63) is 23.8 Å². The van der Waals surface area contributed by atoms with E-state index in [1.807, 2.05) is 26.0 Å². The summed E-state index contributed by atoms with van der Waals surface area (Å²) in [6, 6.07) is 5.38. The summed E-state index contributed by atoms with van der Waals surface area (Å²) in [5.74, 6) is 0.747. The number of amides is 1. The van der Waals surface area contributed by atoms with Crippen LogP contribution in [-0.4, -0.2) is 99.2 Å². The average Bonchev–Trinajstić information content (AvgIpc) is 3.54. The van der Waals surface area contributed by atoms with Gasteiger partial charge in [0.2, 0.25) is 0 Å². The molecule has 0 bridgehead atoms. The highest BCUT2D eigenvalue weighted by Crippen LogP contribution is 2.39. The zero-order chi connectivity index (χ0) is 26.7. The fraction of sp³-hybridized carbons (Fsp3) is 0.654. The van der Waals surface area contributed by atoms with Gasteiger partial charge >= 0.3 is 12.1 Å². The number of benzene rings is 1. The van der Waals surface area contributed by atoms with Gasteiger partial charge in [-0.25, -0.2) is 9.59 Å².